The normalized spacial score (nSPS) is 22.9. The molecule has 192 valence electrons. The number of nitrogens with one attached hydrogen (secondary N) is 1. The Kier molecular flexibility index (Phi) is 7.74. The van der Waals surface area contributed by atoms with Gasteiger partial charge in [-0.15, -0.1) is 0 Å². The lowest BCUT2D eigenvalue weighted by atomic mass is 10.0. The van der Waals surface area contributed by atoms with E-state index in [2.05, 4.69) is 22.3 Å². The predicted molar refractivity (Wildman–Crippen MR) is 135 cm³/mol. The molecule has 0 radical (unpaired) electrons. The number of halogens is 2. The standard InChI is InChI=1S/C27H32ClFN4O3/c28-22-7-4-8-23(29)25(22)26(34)33-17-20-15-31(16-21(20)18-33)10-9-24(19-5-2-1-3-6-19)30-27(35)32-11-13-36-14-12-32/h1-8,20-21,24H,9-18H2,(H,30,35)/t20-,21?,24?/m0/s1. The van der Waals surface area contributed by atoms with Gasteiger partial charge in [-0.2, -0.15) is 0 Å². The van der Waals surface area contributed by atoms with Gasteiger partial charge >= 0.3 is 6.03 Å². The van der Waals surface area contributed by atoms with Crippen LogP contribution in [-0.4, -0.2) is 85.7 Å². The second-order valence-electron chi connectivity index (χ2n) is 9.89. The molecule has 9 heteroatoms. The molecule has 3 amide bonds. The van der Waals surface area contributed by atoms with Crippen LogP contribution in [0.25, 0.3) is 0 Å². The van der Waals surface area contributed by atoms with Crippen LogP contribution in [0.2, 0.25) is 5.02 Å². The summed E-state index contributed by atoms with van der Waals surface area (Å²) >= 11 is 6.12. The second kappa shape index (κ2) is 11.2. The number of amides is 3. The number of fused-ring (bicyclic) bond motifs is 1. The van der Waals surface area contributed by atoms with E-state index in [1.54, 1.807) is 11.0 Å². The SMILES string of the molecule is O=C(NC(CCN1CC2CN(C(=O)c3c(F)cccc3Cl)C[C@@H]2C1)c1ccccc1)N1CCOCC1. The summed E-state index contributed by atoms with van der Waals surface area (Å²) in [6, 6.07) is 14.3. The Morgan fingerprint density at radius 2 is 1.67 bits per heavy atom. The average molecular weight is 515 g/mol. The molecule has 0 aromatic heterocycles. The zero-order valence-corrected chi connectivity index (χ0v) is 21.0. The zero-order chi connectivity index (χ0) is 25.1. The van der Waals surface area contributed by atoms with E-state index < -0.39 is 5.82 Å². The molecule has 2 aromatic rings. The fraction of sp³-hybridized carbons (Fsp3) is 0.481. The van der Waals surface area contributed by atoms with E-state index in [0.717, 1.165) is 31.6 Å². The van der Waals surface area contributed by atoms with Crippen molar-refractivity contribution in [2.24, 2.45) is 11.8 Å². The first-order chi connectivity index (χ1) is 17.5. The van der Waals surface area contributed by atoms with Gasteiger partial charge in [-0.05, 0) is 36.0 Å². The smallest absolute Gasteiger partial charge is 0.318 e. The number of rotatable bonds is 6. The van der Waals surface area contributed by atoms with Crippen molar-refractivity contribution in [2.45, 2.75) is 12.5 Å². The Morgan fingerprint density at radius 3 is 2.33 bits per heavy atom. The largest absolute Gasteiger partial charge is 0.378 e. The van der Waals surface area contributed by atoms with Crippen LogP contribution in [0.3, 0.4) is 0 Å². The van der Waals surface area contributed by atoms with Crippen molar-refractivity contribution in [2.75, 3.05) is 59.0 Å². The number of hydrogen-bond acceptors (Lipinski definition) is 4. The van der Waals surface area contributed by atoms with Crippen LogP contribution < -0.4 is 5.32 Å². The number of nitrogens with zero attached hydrogens (tertiary/aromatic N) is 3. The van der Waals surface area contributed by atoms with Crippen LogP contribution in [0.15, 0.2) is 48.5 Å². The first-order valence-electron chi connectivity index (χ1n) is 12.6. The van der Waals surface area contributed by atoms with Crippen LogP contribution in [0.1, 0.15) is 28.4 Å². The number of hydrogen-bond donors (Lipinski definition) is 1. The summed E-state index contributed by atoms with van der Waals surface area (Å²) in [5.41, 5.74) is 1.06. The van der Waals surface area contributed by atoms with Crippen molar-refractivity contribution >= 4 is 23.5 Å². The number of morpholine rings is 1. The predicted octanol–water partition coefficient (Wildman–Crippen LogP) is 3.66. The van der Waals surface area contributed by atoms with E-state index in [1.807, 2.05) is 23.1 Å². The van der Waals surface area contributed by atoms with Crippen molar-refractivity contribution in [1.29, 1.82) is 0 Å². The van der Waals surface area contributed by atoms with Crippen molar-refractivity contribution in [3.8, 4) is 0 Å². The maximum absolute atomic E-state index is 14.3. The highest BCUT2D eigenvalue weighted by atomic mass is 35.5. The van der Waals surface area contributed by atoms with E-state index in [-0.39, 0.29) is 28.6 Å². The van der Waals surface area contributed by atoms with Crippen LogP contribution in [0, 0.1) is 17.7 Å². The Labute approximate surface area is 216 Å². The Hall–Kier alpha value is -2.68. The lowest BCUT2D eigenvalue weighted by Gasteiger charge is -2.30. The Bertz CT molecular complexity index is 1050. The van der Waals surface area contributed by atoms with Gasteiger partial charge in [0.2, 0.25) is 0 Å². The molecule has 36 heavy (non-hydrogen) atoms. The molecule has 0 saturated carbocycles. The molecule has 3 fully saturated rings. The first kappa shape index (κ1) is 25.0. The van der Waals surface area contributed by atoms with Crippen molar-refractivity contribution < 1.29 is 18.7 Å². The lowest BCUT2D eigenvalue weighted by molar-refractivity contribution is 0.0523. The van der Waals surface area contributed by atoms with Crippen LogP contribution in [-0.2, 0) is 4.74 Å². The van der Waals surface area contributed by atoms with E-state index in [1.165, 1.54) is 12.1 Å². The third-order valence-corrected chi connectivity index (χ3v) is 7.87. The minimum absolute atomic E-state index is 0.0299. The lowest BCUT2D eigenvalue weighted by Crippen LogP contribution is -2.47. The molecule has 5 rings (SSSR count). The third kappa shape index (κ3) is 5.51. The van der Waals surface area contributed by atoms with Crippen LogP contribution in [0.5, 0.6) is 0 Å². The van der Waals surface area contributed by atoms with Gasteiger partial charge in [-0.25, -0.2) is 9.18 Å². The summed E-state index contributed by atoms with van der Waals surface area (Å²) in [5.74, 6) is -0.179. The summed E-state index contributed by atoms with van der Waals surface area (Å²) in [6.07, 6.45) is 0.799. The highest BCUT2D eigenvalue weighted by molar-refractivity contribution is 6.33. The minimum atomic E-state index is -0.572. The highest BCUT2D eigenvalue weighted by Gasteiger charge is 2.42. The van der Waals surface area contributed by atoms with E-state index in [4.69, 9.17) is 16.3 Å². The molecule has 1 N–H and O–H groups in total. The first-order valence-corrected chi connectivity index (χ1v) is 13.0. The number of likely N-dealkylation sites (tertiary alicyclic amines) is 2. The van der Waals surface area contributed by atoms with Gasteiger partial charge in [0.15, 0.2) is 0 Å². The maximum Gasteiger partial charge on any atom is 0.318 e. The van der Waals surface area contributed by atoms with Gasteiger partial charge in [0.25, 0.3) is 5.91 Å². The van der Waals surface area contributed by atoms with Crippen LogP contribution >= 0.6 is 11.6 Å². The number of benzene rings is 2. The topological polar surface area (TPSA) is 65.1 Å². The van der Waals surface area contributed by atoms with Gasteiger partial charge < -0.3 is 24.8 Å². The van der Waals surface area contributed by atoms with E-state index >= 15 is 0 Å². The van der Waals surface area contributed by atoms with E-state index in [9.17, 15) is 14.0 Å². The number of urea groups is 1. The molecule has 2 aromatic carbocycles. The monoisotopic (exact) mass is 514 g/mol. The molecule has 3 heterocycles. The molecule has 3 atom stereocenters. The molecule has 3 saturated heterocycles. The molecule has 0 bridgehead atoms. The second-order valence-corrected chi connectivity index (χ2v) is 10.3. The number of carbonyl (C=O) groups excluding carboxylic acids is 2. The van der Waals surface area contributed by atoms with Gasteiger partial charge in [0.1, 0.15) is 5.82 Å². The minimum Gasteiger partial charge on any atom is -0.378 e. The summed E-state index contributed by atoms with van der Waals surface area (Å²) in [5, 5.41) is 3.39. The molecule has 7 nitrogen and oxygen atoms in total. The van der Waals surface area contributed by atoms with Crippen LogP contribution in [0.4, 0.5) is 9.18 Å². The molecule has 3 aliphatic rings. The molecule has 0 aliphatic carbocycles. The molecular weight excluding hydrogens is 483 g/mol. The Morgan fingerprint density at radius 1 is 0.972 bits per heavy atom. The third-order valence-electron chi connectivity index (χ3n) is 7.56. The maximum atomic E-state index is 14.3. The van der Waals surface area contributed by atoms with Crippen molar-refractivity contribution in [3.63, 3.8) is 0 Å². The molecule has 2 unspecified atom stereocenters. The van der Waals surface area contributed by atoms with Gasteiger partial charge in [0, 0.05) is 45.8 Å². The average Bonchev–Trinajstić information content (AvgIpc) is 3.46. The quantitative estimate of drug-likeness (QED) is 0.639. The van der Waals surface area contributed by atoms with E-state index in [0.29, 0.717) is 51.2 Å². The summed E-state index contributed by atoms with van der Waals surface area (Å²) in [4.78, 5) is 31.8. The fourth-order valence-electron chi connectivity index (χ4n) is 5.62. The summed E-state index contributed by atoms with van der Waals surface area (Å²) in [7, 11) is 0. The van der Waals surface area contributed by atoms with Crippen molar-refractivity contribution in [3.05, 3.63) is 70.5 Å². The molecule has 0 spiro atoms. The molecule has 3 aliphatic heterocycles. The summed E-state index contributed by atoms with van der Waals surface area (Å²) in [6.45, 7) is 6.21. The number of ether oxygens (including phenoxy) is 1. The fourth-order valence-corrected chi connectivity index (χ4v) is 5.87. The Balaban J connectivity index is 1.16. The highest BCUT2D eigenvalue weighted by Crippen LogP contribution is 2.33. The number of carbonyl (C=O) groups is 2. The van der Waals surface area contributed by atoms with Gasteiger partial charge in [-0.3, -0.25) is 4.79 Å². The summed E-state index contributed by atoms with van der Waals surface area (Å²) < 4.78 is 19.6. The molecular formula is C27H32ClFN4O3. The van der Waals surface area contributed by atoms with Gasteiger partial charge in [0.05, 0.1) is 29.8 Å². The van der Waals surface area contributed by atoms with Gasteiger partial charge in [-0.1, -0.05) is 48.0 Å². The van der Waals surface area contributed by atoms with Crippen molar-refractivity contribution in [1.82, 2.24) is 20.0 Å². The zero-order valence-electron chi connectivity index (χ0n) is 20.2.